The summed E-state index contributed by atoms with van der Waals surface area (Å²) in [5.74, 6) is 0.945. The van der Waals surface area contributed by atoms with Crippen molar-refractivity contribution in [2.75, 3.05) is 40.0 Å². The largest absolute Gasteiger partial charge is 0.497 e. The molecule has 1 N–H and O–H groups in total. The first-order chi connectivity index (χ1) is 14.8. The lowest BCUT2D eigenvalue weighted by atomic mass is 10.1. The summed E-state index contributed by atoms with van der Waals surface area (Å²) < 4.78 is 42.9. The van der Waals surface area contributed by atoms with Gasteiger partial charge in [0, 0.05) is 13.1 Å². The predicted octanol–water partition coefficient (Wildman–Crippen LogP) is 2.28. The number of sulfonamides is 1. The van der Waals surface area contributed by atoms with Gasteiger partial charge in [-0.05, 0) is 55.3 Å². The molecule has 0 unspecified atom stereocenters. The van der Waals surface area contributed by atoms with E-state index in [1.165, 1.54) is 10.4 Å². The number of carbonyl (C=O) groups excluding carboxylic acids is 1. The predicted molar refractivity (Wildman–Crippen MR) is 116 cm³/mol. The number of methoxy groups -OCH3 is 1. The van der Waals surface area contributed by atoms with Crippen molar-refractivity contribution < 1.29 is 27.4 Å². The molecule has 168 valence electrons. The van der Waals surface area contributed by atoms with Crippen molar-refractivity contribution in [2.45, 2.75) is 24.8 Å². The second-order valence-electron chi connectivity index (χ2n) is 7.29. The smallest absolute Gasteiger partial charge is 0.258 e. The molecule has 31 heavy (non-hydrogen) atoms. The number of nitrogens with one attached hydrogen (secondary N) is 1. The first kappa shape index (κ1) is 23.1. The van der Waals surface area contributed by atoms with Crippen LogP contribution in [0.5, 0.6) is 11.5 Å². The van der Waals surface area contributed by atoms with Gasteiger partial charge in [-0.25, -0.2) is 8.42 Å². The lowest BCUT2D eigenvalue weighted by Crippen LogP contribution is -2.40. The lowest BCUT2D eigenvalue weighted by Gasteiger charge is -2.26. The van der Waals surface area contributed by atoms with Gasteiger partial charge < -0.3 is 19.5 Å². The van der Waals surface area contributed by atoms with E-state index >= 15 is 0 Å². The zero-order valence-corrected chi connectivity index (χ0v) is 18.8. The van der Waals surface area contributed by atoms with E-state index < -0.39 is 10.0 Å². The number of aryl methyl sites for hydroxylation is 1. The molecule has 0 spiro atoms. The molecule has 8 nitrogen and oxygen atoms in total. The van der Waals surface area contributed by atoms with Gasteiger partial charge in [-0.15, -0.1) is 0 Å². The topological polar surface area (TPSA) is 94.2 Å². The number of ether oxygens (including phenoxy) is 3. The summed E-state index contributed by atoms with van der Waals surface area (Å²) >= 11 is 0. The molecule has 2 aromatic rings. The standard InChI is InChI=1S/C22H28N2O6S/c1-16-14-20(31(26,27)24-10-12-29-13-11-24)8-9-21(16)30-15-22(25)23-17(2)18-4-6-19(28-3)7-5-18/h4-9,14,17H,10-13,15H2,1-3H3,(H,23,25)/t17-/m0/s1. The fraction of sp³-hybridized carbons (Fsp3) is 0.409. The molecule has 1 aliphatic heterocycles. The van der Waals surface area contributed by atoms with E-state index in [0.717, 1.165) is 11.3 Å². The molecule has 0 saturated carbocycles. The fourth-order valence-corrected chi connectivity index (χ4v) is 4.78. The van der Waals surface area contributed by atoms with Crippen LogP contribution in [0.4, 0.5) is 0 Å². The van der Waals surface area contributed by atoms with Crippen molar-refractivity contribution in [2.24, 2.45) is 0 Å². The van der Waals surface area contributed by atoms with E-state index in [1.807, 2.05) is 31.2 Å². The Morgan fingerprint density at radius 1 is 1.16 bits per heavy atom. The molecule has 0 bridgehead atoms. The second-order valence-corrected chi connectivity index (χ2v) is 9.23. The zero-order chi connectivity index (χ0) is 22.4. The van der Waals surface area contributed by atoms with E-state index in [-0.39, 0.29) is 23.5 Å². The van der Waals surface area contributed by atoms with Crippen LogP contribution in [0.3, 0.4) is 0 Å². The van der Waals surface area contributed by atoms with Gasteiger partial charge in [0.25, 0.3) is 5.91 Å². The van der Waals surface area contributed by atoms with Crippen LogP contribution in [0, 0.1) is 6.92 Å². The summed E-state index contributed by atoms with van der Waals surface area (Å²) in [4.78, 5) is 12.5. The summed E-state index contributed by atoms with van der Waals surface area (Å²) in [7, 11) is -1.97. The number of hydrogen-bond donors (Lipinski definition) is 1. The van der Waals surface area contributed by atoms with Crippen molar-refractivity contribution in [3.8, 4) is 11.5 Å². The summed E-state index contributed by atoms with van der Waals surface area (Å²) in [5, 5.41) is 2.88. The Bertz CT molecular complexity index is 1000. The zero-order valence-electron chi connectivity index (χ0n) is 18.0. The highest BCUT2D eigenvalue weighted by Gasteiger charge is 2.26. The minimum absolute atomic E-state index is 0.170. The van der Waals surface area contributed by atoms with E-state index in [2.05, 4.69) is 5.32 Å². The minimum atomic E-state index is -3.57. The maximum atomic E-state index is 12.8. The monoisotopic (exact) mass is 448 g/mol. The molecule has 1 saturated heterocycles. The van der Waals surface area contributed by atoms with Gasteiger partial charge in [0.2, 0.25) is 10.0 Å². The van der Waals surface area contributed by atoms with Crippen LogP contribution >= 0.6 is 0 Å². The van der Waals surface area contributed by atoms with Gasteiger partial charge in [0.05, 0.1) is 31.3 Å². The molecular weight excluding hydrogens is 420 g/mol. The van der Waals surface area contributed by atoms with Crippen LogP contribution in [0.25, 0.3) is 0 Å². The third-order valence-corrected chi connectivity index (χ3v) is 7.00. The van der Waals surface area contributed by atoms with Crippen molar-refractivity contribution in [1.29, 1.82) is 0 Å². The lowest BCUT2D eigenvalue weighted by molar-refractivity contribution is -0.123. The molecular formula is C22H28N2O6S. The van der Waals surface area contributed by atoms with Crippen LogP contribution in [0.15, 0.2) is 47.4 Å². The molecule has 2 aromatic carbocycles. The maximum Gasteiger partial charge on any atom is 0.258 e. The van der Waals surface area contributed by atoms with Gasteiger partial charge in [-0.3, -0.25) is 4.79 Å². The summed E-state index contributed by atoms with van der Waals surface area (Å²) in [5.41, 5.74) is 1.59. The van der Waals surface area contributed by atoms with Gasteiger partial charge in [0.15, 0.2) is 6.61 Å². The first-order valence-corrected chi connectivity index (χ1v) is 11.5. The number of benzene rings is 2. The Kier molecular flexibility index (Phi) is 7.53. The summed E-state index contributed by atoms with van der Waals surface area (Å²) in [6.07, 6.45) is 0. The average molecular weight is 449 g/mol. The highest BCUT2D eigenvalue weighted by molar-refractivity contribution is 7.89. The molecule has 0 aliphatic carbocycles. The molecule has 1 heterocycles. The number of hydrogen-bond acceptors (Lipinski definition) is 6. The fourth-order valence-electron chi connectivity index (χ4n) is 3.28. The molecule has 9 heteroatoms. The maximum absolute atomic E-state index is 12.8. The van der Waals surface area contributed by atoms with Crippen molar-refractivity contribution in [3.63, 3.8) is 0 Å². The van der Waals surface area contributed by atoms with E-state index in [9.17, 15) is 13.2 Å². The normalized spacial score (nSPS) is 15.8. The Labute approximate surface area is 183 Å². The SMILES string of the molecule is COc1ccc([C@H](C)NC(=O)COc2ccc(S(=O)(=O)N3CCOCC3)cc2C)cc1. The van der Waals surface area contributed by atoms with E-state index in [4.69, 9.17) is 14.2 Å². The van der Waals surface area contributed by atoms with Gasteiger partial charge >= 0.3 is 0 Å². The molecule has 1 atom stereocenters. The molecule has 1 aliphatic rings. The van der Waals surface area contributed by atoms with Crippen molar-refractivity contribution >= 4 is 15.9 Å². The number of carbonyl (C=O) groups is 1. The number of rotatable bonds is 8. The van der Waals surface area contributed by atoms with Crippen molar-refractivity contribution in [1.82, 2.24) is 9.62 Å². The molecule has 1 fully saturated rings. The highest BCUT2D eigenvalue weighted by Crippen LogP contribution is 2.25. The third kappa shape index (κ3) is 5.75. The van der Waals surface area contributed by atoms with Gasteiger partial charge in [-0.2, -0.15) is 4.31 Å². The summed E-state index contributed by atoms with van der Waals surface area (Å²) in [6, 6.07) is 11.9. The first-order valence-electron chi connectivity index (χ1n) is 10.1. The van der Waals surface area contributed by atoms with Crippen LogP contribution in [0.2, 0.25) is 0 Å². The quantitative estimate of drug-likeness (QED) is 0.666. The Morgan fingerprint density at radius 2 is 1.84 bits per heavy atom. The Hall–Kier alpha value is -2.62. The number of morpholine rings is 1. The Morgan fingerprint density at radius 3 is 2.45 bits per heavy atom. The van der Waals surface area contributed by atoms with Crippen LogP contribution in [-0.4, -0.2) is 58.7 Å². The molecule has 0 aromatic heterocycles. The molecule has 0 radical (unpaired) electrons. The molecule has 1 amide bonds. The van der Waals surface area contributed by atoms with Crippen LogP contribution < -0.4 is 14.8 Å². The minimum Gasteiger partial charge on any atom is -0.497 e. The van der Waals surface area contributed by atoms with E-state index in [0.29, 0.717) is 37.6 Å². The highest BCUT2D eigenvalue weighted by atomic mass is 32.2. The Balaban J connectivity index is 1.58. The van der Waals surface area contributed by atoms with E-state index in [1.54, 1.807) is 26.2 Å². The average Bonchev–Trinajstić information content (AvgIpc) is 2.78. The van der Waals surface area contributed by atoms with Crippen LogP contribution in [0.1, 0.15) is 24.1 Å². The van der Waals surface area contributed by atoms with Crippen molar-refractivity contribution in [3.05, 3.63) is 53.6 Å². The third-order valence-electron chi connectivity index (χ3n) is 5.11. The molecule has 3 rings (SSSR count). The van der Waals surface area contributed by atoms with Gasteiger partial charge in [0.1, 0.15) is 11.5 Å². The van der Waals surface area contributed by atoms with Gasteiger partial charge in [-0.1, -0.05) is 12.1 Å². The number of amides is 1. The summed E-state index contributed by atoms with van der Waals surface area (Å²) in [6.45, 7) is 4.93. The second kappa shape index (κ2) is 10.1. The van der Waals surface area contributed by atoms with Crippen LogP contribution in [-0.2, 0) is 19.6 Å². The number of nitrogens with zero attached hydrogens (tertiary/aromatic N) is 1.